The van der Waals surface area contributed by atoms with E-state index < -0.39 is 0 Å². The van der Waals surface area contributed by atoms with Gasteiger partial charge in [0.2, 0.25) is 0 Å². The van der Waals surface area contributed by atoms with E-state index in [9.17, 15) is 4.79 Å². The van der Waals surface area contributed by atoms with Crippen LogP contribution >= 0.6 is 11.3 Å². The van der Waals surface area contributed by atoms with E-state index >= 15 is 0 Å². The molecule has 0 saturated carbocycles. The van der Waals surface area contributed by atoms with E-state index in [0.717, 1.165) is 48.9 Å². The molecule has 0 saturated heterocycles. The van der Waals surface area contributed by atoms with Crippen LogP contribution in [0.5, 0.6) is 0 Å². The van der Waals surface area contributed by atoms with Gasteiger partial charge in [0.25, 0.3) is 5.56 Å². The van der Waals surface area contributed by atoms with Gasteiger partial charge in [-0.3, -0.25) is 9.36 Å². The fourth-order valence-corrected chi connectivity index (χ4v) is 5.33. The lowest BCUT2D eigenvalue weighted by atomic mass is 9.92. The third-order valence-corrected chi connectivity index (χ3v) is 6.47. The Morgan fingerprint density at radius 2 is 2.11 bits per heavy atom. The second-order valence-electron chi connectivity index (χ2n) is 7.78. The monoisotopic (exact) mass is 381 g/mol. The molecule has 0 aliphatic heterocycles. The summed E-state index contributed by atoms with van der Waals surface area (Å²) >= 11 is 1.71. The van der Waals surface area contributed by atoms with E-state index in [2.05, 4.69) is 48.4 Å². The van der Waals surface area contributed by atoms with Gasteiger partial charge in [-0.05, 0) is 43.2 Å². The first-order chi connectivity index (χ1) is 13.1. The van der Waals surface area contributed by atoms with Crippen LogP contribution in [0.1, 0.15) is 42.7 Å². The summed E-state index contributed by atoms with van der Waals surface area (Å²) in [4.78, 5) is 20.0. The Hall–Kier alpha value is -1.98. The summed E-state index contributed by atoms with van der Waals surface area (Å²) in [5.74, 6) is 0. The van der Waals surface area contributed by atoms with E-state index in [1.165, 1.54) is 16.0 Å². The molecule has 5 heteroatoms. The maximum atomic E-state index is 13.1. The van der Waals surface area contributed by atoms with Crippen LogP contribution in [0.25, 0.3) is 10.2 Å². The van der Waals surface area contributed by atoms with Crippen molar-refractivity contribution < 1.29 is 0 Å². The van der Waals surface area contributed by atoms with Crippen molar-refractivity contribution in [3.8, 4) is 0 Å². The number of nitrogens with zero attached hydrogens (tertiary/aromatic N) is 2. The lowest BCUT2D eigenvalue weighted by Crippen LogP contribution is -2.38. The minimum absolute atomic E-state index is 0.140. The Morgan fingerprint density at radius 1 is 1.30 bits per heavy atom. The van der Waals surface area contributed by atoms with Crippen LogP contribution in [0.3, 0.4) is 0 Å². The topological polar surface area (TPSA) is 46.9 Å². The molecule has 2 aromatic heterocycles. The van der Waals surface area contributed by atoms with Crippen molar-refractivity contribution in [1.29, 1.82) is 0 Å². The number of aryl methyl sites for hydroxylation is 3. The van der Waals surface area contributed by atoms with Gasteiger partial charge in [0, 0.05) is 23.5 Å². The van der Waals surface area contributed by atoms with Gasteiger partial charge in [-0.15, -0.1) is 11.3 Å². The molecular formula is C22H27N3OS. The summed E-state index contributed by atoms with van der Waals surface area (Å²) in [5, 5.41) is 4.51. The summed E-state index contributed by atoms with van der Waals surface area (Å²) in [5.41, 5.74) is 2.71. The van der Waals surface area contributed by atoms with Gasteiger partial charge in [0.15, 0.2) is 0 Å². The number of benzene rings is 1. The average molecular weight is 382 g/mol. The van der Waals surface area contributed by atoms with Crippen LogP contribution in [0.2, 0.25) is 0 Å². The molecule has 0 radical (unpaired) electrons. The Balaban J connectivity index is 1.53. The zero-order valence-electron chi connectivity index (χ0n) is 16.1. The number of nitrogens with one attached hydrogen (secondary N) is 1. The van der Waals surface area contributed by atoms with Gasteiger partial charge in [-0.1, -0.05) is 44.2 Å². The van der Waals surface area contributed by atoms with Gasteiger partial charge in [-0.2, -0.15) is 0 Å². The highest BCUT2D eigenvalue weighted by Gasteiger charge is 2.25. The summed E-state index contributed by atoms with van der Waals surface area (Å²) in [7, 11) is 0. The Kier molecular flexibility index (Phi) is 5.41. The molecule has 142 valence electrons. The number of thiophene rings is 1. The second kappa shape index (κ2) is 7.95. The number of hydrogen-bond acceptors (Lipinski definition) is 4. The molecule has 27 heavy (non-hydrogen) atoms. The molecule has 1 atom stereocenters. The molecule has 4 nitrogen and oxygen atoms in total. The summed E-state index contributed by atoms with van der Waals surface area (Å²) in [6, 6.07) is 11.4. The van der Waals surface area contributed by atoms with Gasteiger partial charge >= 0.3 is 0 Å². The first kappa shape index (κ1) is 18.4. The first-order valence-electron chi connectivity index (χ1n) is 9.91. The summed E-state index contributed by atoms with van der Waals surface area (Å²) in [6.45, 7) is 5.10. The first-order valence-corrected chi connectivity index (χ1v) is 10.7. The lowest BCUT2D eigenvalue weighted by Gasteiger charge is -2.25. The van der Waals surface area contributed by atoms with Crippen LogP contribution in [0.15, 0.2) is 41.5 Å². The van der Waals surface area contributed by atoms with Crippen molar-refractivity contribution in [3.05, 3.63) is 63.0 Å². The Bertz CT molecular complexity index is 974. The highest BCUT2D eigenvalue weighted by Crippen LogP contribution is 2.33. The van der Waals surface area contributed by atoms with E-state index in [1.807, 2.05) is 6.07 Å². The highest BCUT2D eigenvalue weighted by molar-refractivity contribution is 7.18. The van der Waals surface area contributed by atoms with Gasteiger partial charge in [0.1, 0.15) is 4.83 Å². The fraction of sp³-hybridized carbons (Fsp3) is 0.455. The minimum Gasteiger partial charge on any atom is -0.311 e. The SMILES string of the molecule is CC(C)N[C@@H]1CCc2c(sc3ncn(CCCc4ccccc4)c(=O)c23)C1. The molecule has 0 fully saturated rings. The van der Waals surface area contributed by atoms with Gasteiger partial charge in [0.05, 0.1) is 11.7 Å². The average Bonchev–Trinajstić information content (AvgIpc) is 3.02. The molecule has 0 bridgehead atoms. The minimum atomic E-state index is 0.140. The number of aromatic nitrogens is 2. The Morgan fingerprint density at radius 3 is 2.89 bits per heavy atom. The molecule has 0 spiro atoms. The molecule has 2 heterocycles. The summed E-state index contributed by atoms with van der Waals surface area (Å²) in [6.07, 6.45) is 6.76. The molecule has 1 N–H and O–H groups in total. The van der Waals surface area contributed by atoms with E-state index in [-0.39, 0.29) is 5.56 Å². The van der Waals surface area contributed by atoms with Crippen molar-refractivity contribution >= 4 is 21.6 Å². The third-order valence-electron chi connectivity index (χ3n) is 5.31. The van der Waals surface area contributed by atoms with Crippen LogP contribution in [0.4, 0.5) is 0 Å². The standard InChI is InChI=1S/C22H27N3OS/c1-15(2)24-17-10-11-18-19(13-17)27-21-20(18)22(26)25(14-23-21)12-6-9-16-7-4-3-5-8-16/h3-5,7-8,14-15,17,24H,6,9-13H2,1-2H3/t17-/m1/s1. The summed E-state index contributed by atoms with van der Waals surface area (Å²) < 4.78 is 1.80. The largest absolute Gasteiger partial charge is 0.311 e. The lowest BCUT2D eigenvalue weighted by molar-refractivity contribution is 0.425. The molecule has 3 aromatic rings. The molecule has 4 rings (SSSR count). The maximum absolute atomic E-state index is 13.1. The zero-order chi connectivity index (χ0) is 18.8. The maximum Gasteiger partial charge on any atom is 0.262 e. The van der Waals surface area contributed by atoms with Gasteiger partial charge in [-0.25, -0.2) is 4.98 Å². The van der Waals surface area contributed by atoms with Crippen LogP contribution in [-0.4, -0.2) is 21.6 Å². The van der Waals surface area contributed by atoms with E-state index in [0.29, 0.717) is 12.1 Å². The second-order valence-corrected chi connectivity index (χ2v) is 8.86. The van der Waals surface area contributed by atoms with Crippen LogP contribution in [0, 0.1) is 0 Å². The van der Waals surface area contributed by atoms with Crippen molar-refractivity contribution in [1.82, 2.24) is 14.9 Å². The normalized spacial score (nSPS) is 16.8. The predicted molar refractivity (Wildman–Crippen MR) is 113 cm³/mol. The molecule has 1 aromatic carbocycles. The van der Waals surface area contributed by atoms with Crippen molar-refractivity contribution in [2.24, 2.45) is 0 Å². The van der Waals surface area contributed by atoms with E-state index in [1.54, 1.807) is 22.2 Å². The quantitative estimate of drug-likeness (QED) is 0.703. The Labute approximate surface area is 164 Å². The third kappa shape index (κ3) is 3.99. The molecular weight excluding hydrogens is 354 g/mol. The van der Waals surface area contributed by atoms with E-state index in [4.69, 9.17) is 0 Å². The molecule has 1 aliphatic rings. The van der Waals surface area contributed by atoms with Crippen molar-refractivity contribution in [2.45, 2.75) is 64.6 Å². The van der Waals surface area contributed by atoms with Crippen LogP contribution < -0.4 is 10.9 Å². The predicted octanol–water partition coefficient (Wildman–Crippen LogP) is 3.95. The van der Waals surface area contributed by atoms with Crippen molar-refractivity contribution in [3.63, 3.8) is 0 Å². The smallest absolute Gasteiger partial charge is 0.262 e. The van der Waals surface area contributed by atoms with Gasteiger partial charge < -0.3 is 5.32 Å². The highest BCUT2D eigenvalue weighted by atomic mass is 32.1. The molecule has 1 aliphatic carbocycles. The zero-order valence-corrected chi connectivity index (χ0v) is 16.9. The number of rotatable bonds is 6. The molecule has 0 amide bonds. The fourth-order valence-electron chi connectivity index (χ4n) is 4.07. The molecule has 0 unspecified atom stereocenters. The van der Waals surface area contributed by atoms with Crippen molar-refractivity contribution in [2.75, 3.05) is 0 Å². The number of fused-ring (bicyclic) bond motifs is 3. The number of hydrogen-bond donors (Lipinski definition) is 1. The van der Waals surface area contributed by atoms with Crippen LogP contribution in [-0.2, 0) is 25.8 Å².